The van der Waals surface area contributed by atoms with E-state index in [1.807, 2.05) is 39.0 Å². The second-order valence-electron chi connectivity index (χ2n) is 7.01. The van der Waals surface area contributed by atoms with Gasteiger partial charge in [0.25, 0.3) is 0 Å². The van der Waals surface area contributed by atoms with Crippen molar-refractivity contribution in [3.05, 3.63) is 29.5 Å². The third-order valence-electron chi connectivity index (χ3n) is 4.44. The van der Waals surface area contributed by atoms with E-state index < -0.39 is 5.41 Å². The van der Waals surface area contributed by atoms with Crippen LogP contribution in [0.4, 0.5) is 17.5 Å². The Hall–Kier alpha value is -2.59. The number of aromatic nitrogens is 3. The first kappa shape index (κ1) is 17.2. The molecule has 3 heterocycles. The molecule has 2 aromatic heterocycles. The van der Waals surface area contributed by atoms with Gasteiger partial charge in [-0.15, -0.1) is 0 Å². The minimum absolute atomic E-state index is 0.238. The van der Waals surface area contributed by atoms with Crippen LogP contribution in [-0.2, 0) is 10.2 Å². The Kier molecular flexibility index (Phi) is 4.64. The lowest BCUT2D eigenvalue weighted by molar-refractivity contribution is 0.0985. The van der Waals surface area contributed by atoms with Crippen molar-refractivity contribution in [3.8, 4) is 6.07 Å². The third kappa shape index (κ3) is 3.74. The average Bonchev–Trinajstić information content (AvgIpc) is 3.00. The molecular formula is C18H24N6O. The van der Waals surface area contributed by atoms with Crippen LogP contribution in [0.5, 0.6) is 0 Å². The molecule has 1 aliphatic rings. The van der Waals surface area contributed by atoms with Gasteiger partial charge in [0.15, 0.2) is 5.82 Å². The summed E-state index contributed by atoms with van der Waals surface area (Å²) in [5.74, 6) is 2.24. The van der Waals surface area contributed by atoms with E-state index in [9.17, 15) is 5.26 Å². The molecule has 25 heavy (non-hydrogen) atoms. The molecule has 3 rings (SSSR count). The van der Waals surface area contributed by atoms with Gasteiger partial charge in [-0.1, -0.05) is 0 Å². The summed E-state index contributed by atoms with van der Waals surface area (Å²) in [5, 5.41) is 19.9. The predicted octanol–water partition coefficient (Wildman–Crippen LogP) is 2.88. The average molecular weight is 340 g/mol. The first-order chi connectivity index (χ1) is 11.9. The summed E-state index contributed by atoms with van der Waals surface area (Å²) in [6, 6.07) is 8.45. The molecule has 2 N–H and O–H groups in total. The highest BCUT2D eigenvalue weighted by molar-refractivity contribution is 5.59. The number of nitrogens with zero attached hydrogens (tertiary/aromatic N) is 4. The Balaban J connectivity index is 2.00. The lowest BCUT2D eigenvalue weighted by Crippen LogP contribution is -2.44. The van der Waals surface area contributed by atoms with Crippen molar-refractivity contribution in [2.75, 3.05) is 30.0 Å². The number of aromatic amines is 1. The zero-order valence-electron chi connectivity index (χ0n) is 15.1. The minimum Gasteiger partial charge on any atom is -0.377 e. The van der Waals surface area contributed by atoms with Crippen molar-refractivity contribution in [1.29, 1.82) is 5.26 Å². The molecule has 0 saturated carbocycles. The van der Waals surface area contributed by atoms with E-state index in [0.29, 0.717) is 24.8 Å². The van der Waals surface area contributed by atoms with Gasteiger partial charge in [0.2, 0.25) is 0 Å². The second kappa shape index (κ2) is 6.73. The summed E-state index contributed by atoms with van der Waals surface area (Å²) in [6.45, 7) is 10.0. The number of rotatable bonds is 4. The van der Waals surface area contributed by atoms with Crippen molar-refractivity contribution in [2.45, 2.75) is 39.2 Å². The molecule has 7 nitrogen and oxygen atoms in total. The van der Waals surface area contributed by atoms with E-state index in [1.165, 1.54) is 0 Å². The van der Waals surface area contributed by atoms with Crippen LogP contribution in [0.3, 0.4) is 0 Å². The first-order valence-electron chi connectivity index (χ1n) is 8.46. The first-order valence-corrected chi connectivity index (χ1v) is 8.46. The molecule has 1 aliphatic heterocycles. The van der Waals surface area contributed by atoms with Crippen LogP contribution in [0.2, 0.25) is 0 Å². The highest BCUT2D eigenvalue weighted by Gasteiger charge is 2.26. The molecule has 0 amide bonds. The number of ether oxygens (including phenoxy) is 1. The molecular weight excluding hydrogens is 316 g/mol. The van der Waals surface area contributed by atoms with E-state index in [-0.39, 0.29) is 6.04 Å². The largest absolute Gasteiger partial charge is 0.377 e. The Bertz CT molecular complexity index is 791. The van der Waals surface area contributed by atoms with Gasteiger partial charge in [-0.25, -0.2) is 4.98 Å². The number of hydrogen-bond acceptors (Lipinski definition) is 6. The summed E-state index contributed by atoms with van der Waals surface area (Å²) in [5.41, 5.74) is 1.29. The Morgan fingerprint density at radius 1 is 1.36 bits per heavy atom. The van der Waals surface area contributed by atoms with Crippen LogP contribution < -0.4 is 10.2 Å². The third-order valence-corrected chi connectivity index (χ3v) is 4.44. The molecule has 7 heteroatoms. The van der Waals surface area contributed by atoms with Crippen molar-refractivity contribution in [3.63, 3.8) is 0 Å². The van der Waals surface area contributed by atoms with Crippen molar-refractivity contribution >= 4 is 17.5 Å². The number of pyridine rings is 1. The summed E-state index contributed by atoms with van der Waals surface area (Å²) < 4.78 is 5.53. The van der Waals surface area contributed by atoms with Crippen LogP contribution in [0.1, 0.15) is 32.0 Å². The van der Waals surface area contributed by atoms with Crippen LogP contribution in [-0.4, -0.2) is 41.0 Å². The van der Waals surface area contributed by atoms with Crippen molar-refractivity contribution < 1.29 is 4.74 Å². The SMILES string of the molecule is Cc1cc(Nc2cc(C(C)(C)C#N)cc(N3CCOC[C@H]3C)n2)n[nH]1. The zero-order chi connectivity index (χ0) is 18.0. The Morgan fingerprint density at radius 3 is 2.80 bits per heavy atom. The maximum Gasteiger partial charge on any atom is 0.153 e. The van der Waals surface area contributed by atoms with Crippen LogP contribution in [0.15, 0.2) is 18.2 Å². The minimum atomic E-state index is -0.606. The second-order valence-corrected chi connectivity index (χ2v) is 7.01. The van der Waals surface area contributed by atoms with Gasteiger partial charge in [-0.05, 0) is 45.4 Å². The van der Waals surface area contributed by atoms with Gasteiger partial charge in [-0.3, -0.25) is 5.10 Å². The summed E-state index contributed by atoms with van der Waals surface area (Å²) >= 11 is 0. The smallest absolute Gasteiger partial charge is 0.153 e. The molecule has 0 unspecified atom stereocenters. The monoisotopic (exact) mass is 340 g/mol. The number of nitriles is 1. The molecule has 1 saturated heterocycles. The fourth-order valence-electron chi connectivity index (χ4n) is 2.83. The number of morpholine rings is 1. The fourth-order valence-corrected chi connectivity index (χ4v) is 2.83. The van der Waals surface area contributed by atoms with Gasteiger partial charge in [0, 0.05) is 18.3 Å². The van der Waals surface area contributed by atoms with Gasteiger partial charge in [-0.2, -0.15) is 10.4 Å². The maximum absolute atomic E-state index is 9.54. The van der Waals surface area contributed by atoms with Crippen molar-refractivity contribution in [1.82, 2.24) is 15.2 Å². The van der Waals surface area contributed by atoms with E-state index in [0.717, 1.165) is 23.6 Å². The highest BCUT2D eigenvalue weighted by atomic mass is 16.5. The van der Waals surface area contributed by atoms with Crippen LogP contribution >= 0.6 is 0 Å². The molecule has 0 radical (unpaired) electrons. The Labute approximate surface area is 148 Å². The number of anilines is 3. The zero-order valence-corrected chi connectivity index (χ0v) is 15.1. The van der Waals surface area contributed by atoms with E-state index in [2.05, 4.69) is 33.4 Å². The fraction of sp³-hybridized carbons (Fsp3) is 0.500. The van der Waals surface area contributed by atoms with Gasteiger partial charge in [0.1, 0.15) is 11.6 Å². The van der Waals surface area contributed by atoms with E-state index in [4.69, 9.17) is 9.72 Å². The quantitative estimate of drug-likeness (QED) is 0.889. The van der Waals surface area contributed by atoms with Gasteiger partial charge < -0.3 is 15.0 Å². The molecule has 0 aromatic carbocycles. The van der Waals surface area contributed by atoms with Crippen LogP contribution in [0, 0.1) is 18.3 Å². The van der Waals surface area contributed by atoms with E-state index in [1.54, 1.807) is 0 Å². The van der Waals surface area contributed by atoms with Gasteiger partial charge >= 0.3 is 0 Å². The molecule has 0 aliphatic carbocycles. The number of hydrogen-bond donors (Lipinski definition) is 2. The molecule has 0 spiro atoms. The van der Waals surface area contributed by atoms with Crippen molar-refractivity contribution in [2.24, 2.45) is 0 Å². The number of aryl methyl sites for hydroxylation is 1. The molecule has 2 aromatic rings. The number of nitrogens with one attached hydrogen (secondary N) is 2. The van der Waals surface area contributed by atoms with Crippen LogP contribution in [0.25, 0.3) is 0 Å². The number of H-pyrrole nitrogens is 1. The Morgan fingerprint density at radius 2 is 2.16 bits per heavy atom. The summed E-state index contributed by atoms with van der Waals surface area (Å²) in [4.78, 5) is 6.98. The molecule has 1 atom stereocenters. The normalized spacial score (nSPS) is 18.0. The molecule has 1 fully saturated rings. The lowest BCUT2D eigenvalue weighted by Gasteiger charge is -2.35. The molecule has 132 valence electrons. The topological polar surface area (TPSA) is 89.9 Å². The molecule has 0 bridgehead atoms. The lowest BCUT2D eigenvalue weighted by atomic mass is 9.86. The van der Waals surface area contributed by atoms with E-state index >= 15 is 0 Å². The highest BCUT2D eigenvalue weighted by Crippen LogP contribution is 2.30. The maximum atomic E-state index is 9.54. The standard InChI is InChI=1S/C18H24N6O/c1-12-7-16(23-22-12)20-15-8-14(18(3,4)11-19)9-17(21-15)24-5-6-25-10-13(24)2/h7-9,13H,5-6,10H2,1-4H3,(H2,20,21,22,23)/t13-/m1/s1. The van der Waals surface area contributed by atoms with Gasteiger partial charge in [0.05, 0.1) is 30.7 Å². The predicted molar refractivity (Wildman–Crippen MR) is 97.1 cm³/mol. The summed E-state index contributed by atoms with van der Waals surface area (Å²) in [6.07, 6.45) is 0. The summed E-state index contributed by atoms with van der Waals surface area (Å²) in [7, 11) is 0.